The van der Waals surface area contributed by atoms with Crippen molar-refractivity contribution in [2.75, 3.05) is 26.4 Å². The van der Waals surface area contributed by atoms with Crippen LogP contribution in [0.4, 0.5) is 0 Å². The van der Waals surface area contributed by atoms with Gasteiger partial charge in [0.25, 0.3) is 0 Å². The molecule has 0 saturated heterocycles. The lowest BCUT2D eigenvalue weighted by Crippen LogP contribution is -2.29. The second-order valence-corrected chi connectivity index (χ2v) is 16.2. The predicted octanol–water partition coefficient (Wildman–Crippen LogP) is 11.4. The first-order valence-electron chi connectivity index (χ1n) is 21.8. The molecule has 0 heterocycles. The minimum atomic E-state index is -4.61. The molecular formula is C43H81O10P. The van der Waals surface area contributed by atoms with Gasteiger partial charge in [0.2, 0.25) is 0 Å². The monoisotopic (exact) mass is 789 g/mol. The van der Waals surface area contributed by atoms with Crippen LogP contribution < -0.4 is 0 Å². The molecule has 0 aliphatic carbocycles. The predicted molar refractivity (Wildman–Crippen MR) is 219 cm³/mol. The Morgan fingerprint density at radius 3 is 1.37 bits per heavy atom. The summed E-state index contributed by atoms with van der Waals surface area (Å²) in [7, 11) is -4.61. The average molecular weight is 789 g/mol. The van der Waals surface area contributed by atoms with E-state index in [1.807, 2.05) is 0 Å². The highest BCUT2D eigenvalue weighted by Crippen LogP contribution is 2.43. The third-order valence-electron chi connectivity index (χ3n) is 9.33. The molecule has 11 heteroatoms. The summed E-state index contributed by atoms with van der Waals surface area (Å²) in [5.74, 6) is -0.936. The minimum absolute atomic E-state index is 0.174. The third-order valence-corrected chi connectivity index (χ3v) is 10.3. The number of allylic oxidation sites excluding steroid dienone is 4. The van der Waals surface area contributed by atoms with Crippen LogP contribution in [0.5, 0.6) is 0 Å². The van der Waals surface area contributed by atoms with Gasteiger partial charge in [-0.25, -0.2) is 4.57 Å². The van der Waals surface area contributed by atoms with Gasteiger partial charge >= 0.3 is 19.8 Å². The SMILES string of the molecule is CCCCC/C=C\CCCCCCCC(=O)O[C@H](COC(=O)CCCCCCCCC/C=C\CCCCCCCCCC)COP(=O)(O)OC[C@@H](O)CO. The number of hydrogen-bond acceptors (Lipinski definition) is 9. The average Bonchev–Trinajstić information content (AvgIpc) is 3.16. The normalized spacial score (nSPS) is 14.1. The molecule has 318 valence electrons. The summed E-state index contributed by atoms with van der Waals surface area (Å²) in [6.07, 6.45) is 38.6. The van der Waals surface area contributed by atoms with Crippen molar-refractivity contribution in [2.24, 2.45) is 0 Å². The van der Waals surface area contributed by atoms with Crippen molar-refractivity contribution in [2.45, 2.75) is 212 Å². The molecule has 0 aliphatic rings. The van der Waals surface area contributed by atoms with Gasteiger partial charge in [0.05, 0.1) is 19.8 Å². The lowest BCUT2D eigenvalue weighted by Gasteiger charge is -2.20. The van der Waals surface area contributed by atoms with Crippen LogP contribution in [0.1, 0.15) is 200 Å². The Labute approximate surface area is 329 Å². The summed E-state index contributed by atoms with van der Waals surface area (Å²) >= 11 is 0. The number of unbranched alkanes of at least 4 members (excludes halogenated alkanes) is 23. The quantitative estimate of drug-likeness (QED) is 0.0236. The lowest BCUT2D eigenvalue weighted by molar-refractivity contribution is -0.161. The molecule has 0 radical (unpaired) electrons. The summed E-state index contributed by atoms with van der Waals surface area (Å²) in [6, 6.07) is 0. The van der Waals surface area contributed by atoms with Gasteiger partial charge in [-0.05, 0) is 64.2 Å². The van der Waals surface area contributed by atoms with Gasteiger partial charge in [0, 0.05) is 12.8 Å². The maximum absolute atomic E-state index is 12.6. The molecule has 0 aliphatic heterocycles. The standard InChI is InChI=1S/C43H81O10P/c1-3-5-7-9-11-13-15-17-18-19-20-21-22-23-25-26-28-30-32-34-42(46)50-38-41(39-52-54(48,49)51-37-40(45)36-44)53-43(47)35-33-31-29-27-24-16-14-12-10-8-6-4-2/h12,14,19-20,40-41,44-45H,3-11,13,15-18,21-39H2,1-2H3,(H,48,49)/b14-12-,20-19-/t40-,41+/m0/s1. The third kappa shape index (κ3) is 38.7. The first-order chi connectivity index (χ1) is 26.2. The Hall–Kier alpha value is -1.55. The molecule has 0 amide bonds. The molecule has 0 aromatic rings. The largest absolute Gasteiger partial charge is 0.472 e. The van der Waals surface area contributed by atoms with E-state index in [-0.39, 0.29) is 19.4 Å². The van der Waals surface area contributed by atoms with E-state index in [9.17, 15) is 24.2 Å². The van der Waals surface area contributed by atoms with Gasteiger partial charge in [0.1, 0.15) is 12.7 Å². The molecule has 0 saturated carbocycles. The molecule has 3 atom stereocenters. The Bertz CT molecular complexity index is 957. The van der Waals surface area contributed by atoms with Gasteiger partial charge in [0.15, 0.2) is 6.10 Å². The van der Waals surface area contributed by atoms with E-state index in [1.165, 1.54) is 96.3 Å². The maximum Gasteiger partial charge on any atom is 0.472 e. The number of phosphoric acid groups is 1. The zero-order valence-corrected chi connectivity index (χ0v) is 35.3. The number of carbonyl (C=O) groups excluding carboxylic acids is 2. The van der Waals surface area contributed by atoms with Crippen molar-refractivity contribution in [3.05, 3.63) is 24.3 Å². The number of rotatable bonds is 41. The van der Waals surface area contributed by atoms with Crippen molar-refractivity contribution in [3.8, 4) is 0 Å². The molecule has 1 unspecified atom stereocenters. The molecule has 0 aromatic carbocycles. The van der Waals surface area contributed by atoms with Gasteiger partial charge in [-0.2, -0.15) is 0 Å². The summed E-state index contributed by atoms with van der Waals surface area (Å²) in [5, 5.41) is 18.3. The fourth-order valence-corrected chi connectivity index (χ4v) is 6.71. The molecule has 0 spiro atoms. The van der Waals surface area contributed by atoms with E-state index in [2.05, 4.69) is 42.7 Å². The summed E-state index contributed by atoms with van der Waals surface area (Å²) in [5.41, 5.74) is 0. The Morgan fingerprint density at radius 2 is 0.907 bits per heavy atom. The first-order valence-corrected chi connectivity index (χ1v) is 23.3. The lowest BCUT2D eigenvalue weighted by atomic mass is 10.1. The number of carbonyl (C=O) groups is 2. The molecule has 0 rings (SSSR count). The van der Waals surface area contributed by atoms with E-state index in [1.54, 1.807) is 0 Å². The van der Waals surface area contributed by atoms with Crippen LogP contribution in [0.3, 0.4) is 0 Å². The van der Waals surface area contributed by atoms with Gasteiger partial charge in [-0.3, -0.25) is 18.6 Å². The van der Waals surface area contributed by atoms with Crippen molar-refractivity contribution < 1.29 is 47.8 Å². The topological polar surface area (TPSA) is 149 Å². The second-order valence-electron chi connectivity index (χ2n) is 14.7. The van der Waals surface area contributed by atoms with Crippen molar-refractivity contribution in [1.82, 2.24) is 0 Å². The van der Waals surface area contributed by atoms with Crippen molar-refractivity contribution in [1.29, 1.82) is 0 Å². The highest BCUT2D eigenvalue weighted by atomic mass is 31.2. The minimum Gasteiger partial charge on any atom is -0.462 e. The molecule has 0 fully saturated rings. The molecule has 54 heavy (non-hydrogen) atoms. The van der Waals surface area contributed by atoms with Crippen LogP contribution in [0.2, 0.25) is 0 Å². The Morgan fingerprint density at radius 1 is 0.537 bits per heavy atom. The summed E-state index contributed by atoms with van der Waals surface area (Å²) < 4.78 is 32.7. The Kier molecular flexibility index (Phi) is 38.5. The maximum atomic E-state index is 12.6. The van der Waals surface area contributed by atoms with Crippen LogP contribution >= 0.6 is 7.82 Å². The number of aliphatic hydroxyl groups is 2. The van der Waals surface area contributed by atoms with Crippen LogP contribution in [0.25, 0.3) is 0 Å². The molecule has 10 nitrogen and oxygen atoms in total. The number of esters is 2. The van der Waals surface area contributed by atoms with E-state index in [4.69, 9.17) is 19.1 Å². The highest BCUT2D eigenvalue weighted by molar-refractivity contribution is 7.47. The molecule has 3 N–H and O–H groups in total. The highest BCUT2D eigenvalue weighted by Gasteiger charge is 2.27. The van der Waals surface area contributed by atoms with Crippen LogP contribution in [0.15, 0.2) is 24.3 Å². The number of hydrogen-bond donors (Lipinski definition) is 3. The first kappa shape index (κ1) is 52.5. The van der Waals surface area contributed by atoms with Crippen LogP contribution in [-0.2, 0) is 32.7 Å². The number of ether oxygens (including phenoxy) is 2. The number of phosphoric ester groups is 1. The Balaban J connectivity index is 4.24. The van der Waals surface area contributed by atoms with Gasteiger partial charge < -0.3 is 24.6 Å². The van der Waals surface area contributed by atoms with E-state index in [0.29, 0.717) is 12.8 Å². The summed E-state index contributed by atoms with van der Waals surface area (Å²) in [6.45, 7) is 2.35. The smallest absolute Gasteiger partial charge is 0.462 e. The van der Waals surface area contributed by atoms with E-state index >= 15 is 0 Å². The molecular weight excluding hydrogens is 707 g/mol. The number of aliphatic hydroxyl groups excluding tert-OH is 2. The van der Waals surface area contributed by atoms with E-state index < -0.39 is 51.8 Å². The van der Waals surface area contributed by atoms with Crippen molar-refractivity contribution in [3.63, 3.8) is 0 Å². The van der Waals surface area contributed by atoms with Crippen LogP contribution in [0, 0.1) is 0 Å². The fraction of sp³-hybridized carbons (Fsp3) is 0.860. The van der Waals surface area contributed by atoms with E-state index in [0.717, 1.165) is 64.2 Å². The summed E-state index contributed by atoms with van der Waals surface area (Å²) in [4.78, 5) is 34.9. The van der Waals surface area contributed by atoms with Crippen LogP contribution in [-0.4, -0.2) is 65.7 Å². The fourth-order valence-electron chi connectivity index (χ4n) is 5.92. The van der Waals surface area contributed by atoms with Crippen molar-refractivity contribution >= 4 is 19.8 Å². The second kappa shape index (κ2) is 39.7. The van der Waals surface area contributed by atoms with Gasteiger partial charge in [-0.15, -0.1) is 0 Å². The zero-order chi connectivity index (χ0) is 39.8. The molecule has 0 bridgehead atoms. The zero-order valence-electron chi connectivity index (χ0n) is 34.4. The van der Waals surface area contributed by atoms with Gasteiger partial charge in [-0.1, -0.05) is 147 Å². The molecule has 0 aromatic heterocycles.